The molecule has 1 fully saturated rings. The summed E-state index contributed by atoms with van der Waals surface area (Å²) in [6, 6.07) is 0. The van der Waals surface area contributed by atoms with Crippen molar-refractivity contribution in [2.45, 2.75) is 38.9 Å². The lowest BCUT2D eigenvalue weighted by Crippen LogP contribution is -2.53. The van der Waals surface area contributed by atoms with Crippen molar-refractivity contribution < 1.29 is 9.94 Å². The smallest absolute Gasteiger partial charge is 0.110 e. The van der Waals surface area contributed by atoms with Crippen LogP contribution in [0.25, 0.3) is 0 Å². The predicted molar refractivity (Wildman–Crippen MR) is 81.7 cm³/mol. The third kappa shape index (κ3) is 4.02. The van der Waals surface area contributed by atoms with Gasteiger partial charge in [-0.2, -0.15) is 0 Å². The summed E-state index contributed by atoms with van der Waals surface area (Å²) in [5, 5.41) is 10.6. The van der Waals surface area contributed by atoms with Crippen LogP contribution in [0.3, 0.4) is 0 Å². The molecule has 5 heteroatoms. The van der Waals surface area contributed by atoms with Crippen molar-refractivity contribution in [1.82, 2.24) is 5.48 Å². The Morgan fingerprint density at radius 1 is 1.45 bits per heavy atom. The number of aliphatic hydroxyl groups is 1. The molecule has 6 N–H and O–H groups in total. The number of hydrogen-bond donors (Lipinski definition) is 4. The molecule has 5 atom stereocenters. The van der Waals surface area contributed by atoms with Gasteiger partial charge in [-0.25, -0.2) is 5.48 Å². The van der Waals surface area contributed by atoms with E-state index < -0.39 is 6.10 Å². The van der Waals surface area contributed by atoms with Crippen molar-refractivity contribution in [3.8, 4) is 0 Å². The van der Waals surface area contributed by atoms with Gasteiger partial charge in [0.25, 0.3) is 0 Å². The number of nitrogens with one attached hydrogen (secondary N) is 1. The molecule has 0 aromatic carbocycles. The van der Waals surface area contributed by atoms with Crippen molar-refractivity contribution in [1.29, 1.82) is 0 Å². The SMILES string of the molecule is C=C(CN)C1CC(CC(C)C)C(CN)C(ONC)C1O. The average Bonchev–Trinajstić information content (AvgIpc) is 2.41. The molecule has 1 rings (SSSR count). The van der Waals surface area contributed by atoms with Gasteiger partial charge in [0.15, 0.2) is 0 Å². The lowest BCUT2D eigenvalue weighted by atomic mass is 9.66. The maximum absolute atomic E-state index is 10.6. The molecule has 0 amide bonds. The van der Waals surface area contributed by atoms with E-state index in [1.807, 2.05) is 0 Å². The van der Waals surface area contributed by atoms with Crippen LogP contribution in [0.4, 0.5) is 0 Å². The monoisotopic (exact) mass is 285 g/mol. The highest BCUT2D eigenvalue weighted by atomic mass is 16.7. The molecule has 0 heterocycles. The highest BCUT2D eigenvalue weighted by Crippen LogP contribution is 2.41. The maximum Gasteiger partial charge on any atom is 0.110 e. The number of aliphatic hydroxyl groups excluding tert-OH is 1. The highest BCUT2D eigenvalue weighted by molar-refractivity contribution is 5.10. The number of hydrogen-bond acceptors (Lipinski definition) is 5. The van der Waals surface area contributed by atoms with E-state index in [0.717, 1.165) is 18.4 Å². The second kappa shape index (κ2) is 8.10. The summed E-state index contributed by atoms with van der Waals surface area (Å²) in [4.78, 5) is 5.57. The van der Waals surface area contributed by atoms with Crippen LogP contribution in [0.15, 0.2) is 12.2 Å². The van der Waals surface area contributed by atoms with Crippen LogP contribution in [0.2, 0.25) is 0 Å². The summed E-state index contributed by atoms with van der Waals surface area (Å²) in [6.07, 6.45) is 1.05. The number of nitrogens with two attached hydrogens (primary N) is 2. The van der Waals surface area contributed by atoms with Crippen LogP contribution in [-0.4, -0.2) is 37.5 Å². The van der Waals surface area contributed by atoms with E-state index in [1.54, 1.807) is 7.05 Å². The maximum atomic E-state index is 10.6. The number of hydroxylamine groups is 1. The van der Waals surface area contributed by atoms with E-state index in [0.29, 0.717) is 24.9 Å². The summed E-state index contributed by atoms with van der Waals surface area (Å²) < 4.78 is 0. The standard InChI is InChI=1S/C15H31N3O2/c1-9(2)5-11-6-12(10(3)7-16)14(19)15(20-18-4)13(11)8-17/h9,11-15,18-19H,3,5-8,16-17H2,1-2,4H3. The lowest BCUT2D eigenvalue weighted by Gasteiger charge is -2.45. The minimum absolute atomic E-state index is 0.00935. The molecule has 5 unspecified atom stereocenters. The van der Waals surface area contributed by atoms with Gasteiger partial charge in [0.2, 0.25) is 0 Å². The first kappa shape index (κ1) is 17.6. The summed E-state index contributed by atoms with van der Waals surface area (Å²) >= 11 is 0. The molecule has 0 saturated heterocycles. The first-order valence-corrected chi connectivity index (χ1v) is 7.54. The molecule has 0 aliphatic heterocycles. The first-order valence-electron chi connectivity index (χ1n) is 7.54. The second-order valence-corrected chi connectivity index (χ2v) is 6.27. The van der Waals surface area contributed by atoms with Gasteiger partial charge in [0, 0.05) is 25.4 Å². The molecule has 1 aliphatic carbocycles. The quantitative estimate of drug-likeness (QED) is 0.407. The molecule has 5 nitrogen and oxygen atoms in total. The van der Waals surface area contributed by atoms with Crippen molar-refractivity contribution in [3.05, 3.63) is 12.2 Å². The fourth-order valence-electron chi connectivity index (χ4n) is 3.45. The zero-order chi connectivity index (χ0) is 15.3. The van der Waals surface area contributed by atoms with E-state index in [9.17, 15) is 5.11 Å². The molecule has 1 aliphatic rings. The molecule has 118 valence electrons. The Kier molecular flexibility index (Phi) is 7.12. The molecule has 0 aromatic heterocycles. The summed E-state index contributed by atoms with van der Waals surface area (Å²) in [5.41, 5.74) is 15.2. The Hall–Kier alpha value is -0.460. The van der Waals surface area contributed by atoms with Gasteiger partial charge >= 0.3 is 0 Å². The van der Waals surface area contributed by atoms with Crippen LogP contribution >= 0.6 is 0 Å². The molecule has 20 heavy (non-hydrogen) atoms. The van der Waals surface area contributed by atoms with Gasteiger partial charge in [-0.3, -0.25) is 4.84 Å². The van der Waals surface area contributed by atoms with Gasteiger partial charge in [0.05, 0.1) is 6.10 Å². The Morgan fingerprint density at radius 2 is 2.10 bits per heavy atom. The Balaban J connectivity index is 2.96. The Bertz CT molecular complexity index is 309. The van der Waals surface area contributed by atoms with Crippen LogP contribution in [-0.2, 0) is 4.84 Å². The van der Waals surface area contributed by atoms with Crippen molar-refractivity contribution in [2.24, 2.45) is 35.1 Å². The molecule has 0 radical (unpaired) electrons. The Morgan fingerprint density at radius 3 is 2.55 bits per heavy atom. The lowest BCUT2D eigenvalue weighted by molar-refractivity contribution is -0.152. The minimum Gasteiger partial charge on any atom is -0.390 e. The van der Waals surface area contributed by atoms with Crippen molar-refractivity contribution in [3.63, 3.8) is 0 Å². The molecular formula is C15H31N3O2. The molecule has 1 saturated carbocycles. The van der Waals surface area contributed by atoms with Crippen LogP contribution in [0.5, 0.6) is 0 Å². The van der Waals surface area contributed by atoms with Crippen LogP contribution in [0.1, 0.15) is 26.7 Å². The normalized spacial score (nSPS) is 34.5. The second-order valence-electron chi connectivity index (χ2n) is 6.27. The van der Waals surface area contributed by atoms with Gasteiger partial charge < -0.3 is 16.6 Å². The summed E-state index contributed by atoms with van der Waals surface area (Å²) in [7, 11) is 1.71. The van der Waals surface area contributed by atoms with Gasteiger partial charge in [-0.05, 0) is 31.2 Å². The molecule has 0 spiro atoms. The zero-order valence-electron chi connectivity index (χ0n) is 13.0. The van der Waals surface area contributed by atoms with Gasteiger partial charge in [0.1, 0.15) is 6.10 Å². The molecular weight excluding hydrogens is 254 g/mol. The first-order chi connectivity index (χ1) is 9.46. The van der Waals surface area contributed by atoms with E-state index in [4.69, 9.17) is 16.3 Å². The van der Waals surface area contributed by atoms with Gasteiger partial charge in [-0.1, -0.05) is 26.0 Å². The van der Waals surface area contributed by atoms with Crippen molar-refractivity contribution in [2.75, 3.05) is 20.1 Å². The number of rotatable bonds is 7. The average molecular weight is 285 g/mol. The zero-order valence-corrected chi connectivity index (χ0v) is 13.0. The predicted octanol–water partition coefficient (Wildman–Crippen LogP) is 0.639. The highest BCUT2D eigenvalue weighted by Gasteiger charge is 2.45. The largest absolute Gasteiger partial charge is 0.390 e. The van der Waals surface area contributed by atoms with E-state index in [-0.39, 0.29) is 17.9 Å². The summed E-state index contributed by atoms with van der Waals surface area (Å²) in [6.45, 7) is 9.34. The molecule has 0 aromatic rings. The van der Waals surface area contributed by atoms with Gasteiger partial charge in [-0.15, -0.1) is 0 Å². The topological polar surface area (TPSA) is 93.5 Å². The van der Waals surface area contributed by atoms with E-state index in [1.165, 1.54) is 0 Å². The summed E-state index contributed by atoms with van der Waals surface area (Å²) in [5.74, 6) is 1.16. The van der Waals surface area contributed by atoms with Crippen LogP contribution < -0.4 is 16.9 Å². The van der Waals surface area contributed by atoms with E-state index in [2.05, 4.69) is 25.9 Å². The van der Waals surface area contributed by atoms with Crippen LogP contribution in [0, 0.1) is 23.7 Å². The third-order valence-corrected chi connectivity index (χ3v) is 4.42. The molecule has 0 bridgehead atoms. The minimum atomic E-state index is -0.601. The fraction of sp³-hybridized carbons (Fsp3) is 0.867. The fourth-order valence-corrected chi connectivity index (χ4v) is 3.45. The Labute approximate surface area is 122 Å². The van der Waals surface area contributed by atoms with E-state index >= 15 is 0 Å². The van der Waals surface area contributed by atoms with Crippen molar-refractivity contribution >= 4 is 0 Å². The third-order valence-electron chi connectivity index (χ3n) is 4.42.